The van der Waals surface area contributed by atoms with Gasteiger partial charge in [0.15, 0.2) is 22.8 Å². The quantitative estimate of drug-likeness (QED) is 0.296. The van der Waals surface area contributed by atoms with E-state index in [1.165, 1.54) is 6.92 Å². The van der Waals surface area contributed by atoms with E-state index in [2.05, 4.69) is 6.92 Å². The first-order valence-electron chi connectivity index (χ1n) is 12.1. The number of ether oxygens (including phenoxy) is 2. The number of rotatable bonds is 7. The van der Waals surface area contributed by atoms with Gasteiger partial charge in [-0.2, -0.15) is 0 Å². The Morgan fingerprint density at radius 1 is 0.743 bits per heavy atom. The Morgan fingerprint density at radius 3 is 1.71 bits per heavy atom. The van der Waals surface area contributed by atoms with E-state index < -0.39 is 34.7 Å². The summed E-state index contributed by atoms with van der Waals surface area (Å²) in [4.78, 5) is 52.7. The van der Waals surface area contributed by atoms with Crippen molar-refractivity contribution in [1.29, 1.82) is 0 Å². The molecule has 0 radical (unpaired) electrons. The van der Waals surface area contributed by atoms with Crippen molar-refractivity contribution in [2.24, 2.45) is 0 Å². The Balaban J connectivity index is 1.90. The van der Waals surface area contributed by atoms with Gasteiger partial charge in [-0.3, -0.25) is 19.2 Å². The molecule has 0 spiro atoms. The third kappa shape index (κ3) is 4.01. The fourth-order valence-electron chi connectivity index (χ4n) is 5.34. The van der Waals surface area contributed by atoms with Crippen molar-refractivity contribution >= 4 is 23.5 Å². The SMILES string of the molecule is CCCCCCC(=O)O[C@]1(C)/C(=C2\C(=O)c3ccccc3[C@@]2(C)OC(C)=O)C(=O)c2ccccc21. The van der Waals surface area contributed by atoms with Crippen LogP contribution >= 0.6 is 0 Å². The molecule has 0 saturated carbocycles. The molecule has 0 bridgehead atoms. The van der Waals surface area contributed by atoms with Crippen LogP contribution in [0.3, 0.4) is 0 Å². The molecule has 0 heterocycles. The smallest absolute Gasteiger partial charge is 0.307 e. The summed E-state index contributed by atoms with van der Waals surface area (Å²) in [6.45, 7) is 6.62. The van der Waals surface area contributed by atoms with Gasteiger partial charge in [0.2, 0.25) is 0 Å². The topological polar surface area (TPSA) is 86.7 Å². The Hall–Kier alpha value is -3.54. The lowest BCUT2D eigenvalue weighted by Crippen LogP contribution is -2.36. The van der Waals surface area contributed by atoms with Crippen molar-refractivity contribution in [1.82, 2.24) is 0 Å². The molecule has 6 nitrogen and oxygen atoms in total. The molecular weight excluding hydrogens is 444 g/mol. The van der Waals surface area contributed by atoms with Crippen LogP contribution in [-0.4, -0.2) is 23.5 Å². The van der Waals surface area contributed by atoms with Gasteiger partial charge in [-0.1, -0.05) is 74.7 Å². The second kappa shape index (κ2) is 9.25. The van der Waals surface area contributed by atoms with Crippen molar-refractivity contribution in [3.63, 3.8) is 0 Å². The molecule has 0 aliphatic heterocycles. The van der Waals surface area contributed by atoms with Gasteiger partial charge in [-0.05, 0) is 20.3 Å². The number of carbonyl (C=O) groups excluding carboxylic acids is 4. The molecular formula is C29H30O6. The summed E-state index contributed by atoms with van der Waals surface area (Å²) in [5.74, 6) is -1.85. The highest BCUT2D eigenvalue weighted by atomic mass is 16.6. The fourth-order valence-corrected chi connectivity index (χ4v) is 5.34. The zero-order chi connectivity index (χ0) is 25.4. The molecule has 0 saturated heterocycles. The summed E-state index contributed by atoms with van der Waals surface area (Å²) in [5.41, 5.74) is -1.17. The number of hydrogen-bond acceptors (Lipinski definition) is 6. The van der Waals surface area contributed by atoms with E-state index in [0.29, 0.717) is 28.7 Å². The van der Waals surface area contributed by atoms with Crippen LogP contribution < -0.4 is 0 Å². The zero-order valence-corrected chi connectivity index (χ0v) is 20.6. The molecule has 2 aliphatic carbocycles. The van der Waals surface area contributed by atoms with Gasteiger partial charge in [-0.15, -0.1) is 0 Å². The first-order chi connectivity index (χ1) is 16.6. The van der Waals surface area contributed by atoms with Crippen LogP contribution in [0.5, 0.6) is 0 Å². The second-order valence-electron chi connectivity index (χ2n) is 9.44. The Labute approximate surface area is 205 Å². The van der Waals surface area contributed by atoms with Crippen LogP contribution in [0.2, 0.25) is 0 Å². The van der Waals surface area contributed by atoms with E-state index in [9.17, 15) is 19.2 Å². The van der Waals surface area contributed by atoms with Crippen LogP contribution in [0.1, 0.15) is 91.6 Å². The molecule has 182 valence electrons. The van der Waals surface area contributed by atoms with Crippen molar-refractivity contribution in [3.05, 3.63) is 81.9 Å². The minimum atomic E-state index is -1.50. The number of esters is 2. The number of Topliss-reactive ketones (excluding diaryl/α,β-unsaturated/α-hetero) is 2. The fraction of sp³-hybridized carbons (Fsp3) is 0.379. The van der Waals surface area contributed by atoms with Crippen LogP contribution in [-0.2, 0) is 30.3 Å². The standard InChI is InChI=1S/C29H30O6/c1-5-6-7-8-17-23(31)35-29(4)22-16-12-10-14-20(22)27(33)25(29)24-26(32)19-13-9-11-15-21(19)28(24,3)34-18(2)30/h9-16H,5-8,17H2,1-4H3/b25-24+/t28-,29+/m1/s1. The summed E-state index contributed by atoms with van der Waals surface area (Å²) in [5, 5.41) is 0. The molecule has 35 heavy (non-hydrogen) atoms. The normalized spacial score (nSPS) is 24.8. The maximum absolute atomic E-state index is 13.8. The number of benzene rings is 2. The first-order valence-corrected chi connectivity index (χ1v) is 12.1. The minimum absolute atomic E-state index is 0.0383. The van der Waals surface area contributed by atoms with Crippen molar-refractivity contribution < 1.29 is 28.7 Å². The van der Waals surface area contributed by atoms with Crippen LogP contribution in [0, 0.1) is 0 Å². The number of fused-ring (bicyclic) bond motifs is 2. The first kappa shape index (κ1) is 24.6. The van der Waals surface area contributed by atoms with E-state index in [-0.39, 0.29) is 17.6 Å². The molecule has 0 unspecified atom stereocenters. The van der Waals surface area contributed by atoms with Crippen molar-refractivity contribution in [2.45, 2.75) is 71.0 Å². The van der Waals surface area contributed by atoms with Crippen LogP contribution in [0.25, 0.3) is 0 Å². The maximum Gasteiger partial charge on any atom is 0.307 e. The molecule has 2 atom stereocenters. The number of ketones is 2. The predicted molar refractivity (Wildman–Crippen MR) is 130 cm³/mol. The predicted octanol–water partition coefficient (Wildman–Crippen LogP) is 5.58. The van der Waals surface area contributed by atoms with Gasteiger partial charge < -0.3 is 9.47 Å². The molecule has 0 fully saturated rings. The third-order valence-electron chi connectivity index (χ3n) is 6.93. The van der Waals surface area contributed by atoms with E-state index in [1.807, 2.05) is 0 Å². The number of hydrogen-bond donors (Lipinski definition) is 0. The molecule has 2 aliphatic rings. The van der Waals surface area contributed by atoms with Crippen LogP contribution in [0.4, 0.5) is 0 Å². The highest BCUT2D eigenvalue weighted by Gasteiger charge is 2.57. The molecule has 0 aromatic heterocycles. The average Bonchev–Trinajstić information content (AvgIpc) is 3.16. The van der Waals surface area contributed by atoms with Gasteiger partial charge in [0.1, 0.15) is 0 Å². The van der Waals surface area contributed by atoms with Gasteiger partial charge >= 0.3 is 11.9 Å². The lowest BCUT2D eigenvalue weighted by molar-refractivity contribution is -0.157. The summed E-state index contributed by atoms with van der Waals surface area (Å²) in [6, 6.07) is 13.7. The van der Waals surface area contributed by atoms with E-state index in [1.54, 1.807) is 62.4 Å². The summed E-state index contributed by atoms with van der Waals surface area (Å²) in [6.07, 6.45) is 3.87. The molecule has 4 rings (SSSR count). The molecule has 2 aromatic carbocycles. The van der Waals surface area contributed by atoms with Crippen molar-refractivity contribution in [2.75, 3.05) is 0 Å². The van der Waals surface area contributed by atoms with Gasteiger partial charge in [0.05, 0.1) is 11.1 Å². The lowest BCUT2D eigenvalue weighted by Gasteiger charge is -2.32. The maximum atomic E-state index is 13.8. The van der Waals surface area contributed by atoms with E-state index in [0.717, 1.165) is 19.3 Å². The highest BCUT2D eigenvalue weighted by molar-refractivity contribution is 6.24. The number of unbranched alkanes of at least 4 members (excludes halogenated alkanes) is 3. The lowest BCUT2D eigenvalue weighted by atomic mass is 9.83. The molecule has 6 heteroatoms. The molecule has 0 N–H and O–H groups in total. The van der Waals surface area contributed by atoms with Gasteiger partial charge in [0.25, 0.3) is 0 Å². The van der Waals surface area contributed by atoms with E-state index >= 15 is 0 Å². The third-order valence-corrected chi connectivity index (χ3v) is 6.93. The summed E-state index contributed by atoms with van der Waals surface area (Å²) >= 11 is 0. The molecule has 2 aromatic rings. The largest absolute Gasteiger partial charge is 0.450 e. The highest BCUT2D eigenvalue weighted by Crippen LogP contribution is 2.53. The van der Waals surface area contributed by atoms with Gasteiger partial charge in [-0.25, -0.2) is 0 Å². The van der Waals surface area contributed by atoms with E-state index in [4.69, 9.17) is 9.47 Å². The summed E-state index contributed by atoms with van der Waals surface area (Å²) in [7, 11) is 0. The Morgan fingerprint density at radius 2 is 1.23 bits per heavy atom. The van der Waals surface area contributed by atoms with Crippen molar-refractivity contribution in [3.8, 4) is 0 Å². The minimum Gasteiger partial charge on any atom is -0.450 e. The van der Waals surface area contributed by atoms with Crippen LogP contribution in [0.15, 0.2) is 59.7 Å². The molecule has 0 amide bonds. The average molecular weight is 475 g/mol. The monoisotopic (exact) mass is 474 g/mol. The summed E-state index contributed by atoms with van der Waals surface area (Å²) < 4.78 is 11.8. The second-order valence-corrected chi connectivity index (χ2v) is 9.44. The Kier molecular flexibility index (Phi) is 6.50. The Bertz CT molecular complexity index is 1260. The van der Waals surface area contributed by atoms with Gasteiger partial charge in [0, 0.05) is 35.6 Å². The number of carbonyl (C=O) groups is 4. The zero-order valence-electron chi connectivity index (χ0n) is 20.6.